The molecule has 11 heteroatoms. The fraction of sp³-hybridized carbons (Fsp3) is 0.423. The quantitative estimate of drug-likeness (QED) is 0.456. The number of H-pyrrole nitrogens is 1. The molecule has 11 nitrogen and oxygen atoms in total. The summed E-state index contributed by atoms with van der Waals surface area (Å²) in [6.07, 6.45) is 1.57. The Hall–Kier alpha value is -3.99. The summed E-state index contributed by atoms with van der Waals surface area (Å²) in [5.41, 5.74) is 3.96. The van der Waals surface area contributed by atoms with Gasteiger partial charge in [-0.1, -0.05) is 23.4 Å². The molecule has 2 amide bonds. The Kier molecular flexibility index (Phi) is 6.21. The zero-order chi connectivity index (χ0) is 25.4. The molecule has 0 aliphatic carbocycles. The van der Waals surface area contributed by atoms with E-state index in [0.29, 0.717) is 30.2 Å². The molecule has 0 bridgehead atoms. The number of aromatic amines is 1. The second-order valence-electron chi connectivity index (χ2n) is 9.73. The van der Waals surface area contributed by atoms with Gasteiger partial charge in [0.1, 0.15) is 12.1 Å². The molecule has 1 N–H and O–H groups in total. The number of carbonyl (C=O) groups is 2. The van der Waals surface area contributed by atoms with Crippen LogP contribution in [0.15, 0.2) is 42.5 Å². The minimum Gasteiger partial charge on any atom is -0.443 e. The molecule has 0 spiro atoms. The number of rotatable bonds is 4. The summed E-state index contributed by atoms with van der Waals surface area (Å²) in [7, 11) is 1.87. The second-order valence-corrected chi connectivity index (χ2v) is 9.73. The molecule has 2 aromatic carbocycles. The highest BCUT2D eigenvalue weighted by Gasteiger charge is 2.31. The van der Waals surface area contributed by atoms with E-state index in [2.05, 4.69) is 25.4 Å². The van der Waals surface area contributed by atoms with Crippen LogP contribution in [0.3, 0.4) is 0 Å². The highest BCUT2D eigenvalue weighted by atomic mass is 16.6. The van der Waals surface area contributed by atoms with Crippen LogP contribution in [0.4, 0.5) is 4.79 Å². The van der Waals surface area contributed by atoms with Gasteiger partial charge < -0.3 is 14.5 Å². The molecule has 0 radical (unpaired) electrons. The smallest absolute Gasteiger partial charge is 0.410 e. The van der Waals surface area contributed by atoms with Crippen molar-refractivity contribution in [2.75, 3.05) is 39.3 Å². The maximum atomic E-state index is 13.0. The fourth-order valence-electron chi connectivity index (χ4n) is 5.45. The van der Waals surface area contributed by atoms with E-state index in [0.717, 1.165) is 61.1 Å². The lowest BCUT2D eigenvalue weighted by atomic mass is 10.0. The monoisotopic (exact) mass is 502 g/mol. The van der Waals surface area contributed by atoms with E-state index in [9.17, 15) is 9.59 Å². The van der Waals surface area contributed by atoms with Crippen molar-refractivity contribution in [1.82, 2.24) is 39.9 Å². The molecule has 2 aromatic heterocycles. The third-order valence-electron chi connectivity index (χ3n) is 7.61. The highest BCUT2D eigenvalue weighted by Crippen LogP contribution is 2.22. The number of aromatic nitrogens is 5. The number of nitrogens with zero attached hydrogens (tertiary/aromatic N) is 7. The van der Waals surface area contributed by atoms with E-state index in [1.54, 1.807) is 15.6 Å². The lowest BCUT2D eigenvalue weighted by molar-refractivity contribution is 0.0390. The minimum absolute atomic E-state index is 0.0390. The third kappa shape index (κ3) is 4.62. The Balaban J connectivity index is 0.976. The van der Waals surface area contributed by atoms with Gasteiger partial charge >= 0.3 is 6.09 Å². The molecule has 2 aliphatic heterocycles. The standard InChI is InChI=1S/C26H30N8O3/c1-31-24(20-4-2-3-5-21(20)29-31)17-37-26(36)34-14-12-32(13-15-34)19-8-10-33(11-9-19)25(35)18-6-7-22-23(16-18)28-30-27-22/h2-7,16,19H,8-15,17H2,1H3,(H,27,28,30). The lowest BCUT2D eigenvalue weighted by Gasteiger charge is -2.42. The zero-order valence-electron chi connectivity index (χ0n) is 20.8. The number of amides is 2. The van der Waals surface area contributed by atoms with Gasteiger partial charge in [0.25, 0.3) is 5.91 Å². The number of benzene rings is 2. The van der Waals surface area contributed by atoms with Gasteiger partial charge in [0.15, 0.2) is 0 Å². The van der Waals surface area contributed by atoms with Gasteiger partial charge in [0, 0.05) is 63.3 Å². The van der Waals surface area contributed by atoms with Gasteiger partial charge in [-0.2, -0.15) is 5.10 Å². The molecule has 0 unspecified atom stereocenters. The van der Waals surface area contributed by atoms with Crippen molar-refractivity contribution in [2.24, 2.45) is 7.05 Å². The highest BCUT2D eigenvalue weighted by molar-refractivity contribution is 5.97. The van der Waals surface area contributed by atoms with Crippen molar-refractivity contribution in [2.45, 2.75) is 25.5 Å². The molecule has 37 heavy (non-hydrogen) atoms. The van der Waals surface area contributed by atoms with Crippen LogP contribution in [-0.2, 0) is 18.4 Å². The van der Waals surface area contributed by atoms with Crippen LogP contribution in [0.25, 0.3) is 21.9 Å². The van der Waals surface area contributed by atoms with Crippen molar-refractivity contribution >= 4 is 33.9 Å². The van der Waals surface area contributed by atoms with Crippen LogP contribution in [0.2, 0.25) is 0 Å². The summed E-state index contributed by atoms with van der Waals surface area (Å²) < 4.78 is 7.43. The number of carbonyl (C=O) groups excluding carboxylic acids is 2. The Morgan fingerprint density at radius 3 is 2.57 bits per heavy atom. The normalized spacial score (nSPS) is 17.5. The molecular formula is C26H30N8O3. The molecule has 2 fully saturated rings. The van der Waals surface area contributed by atoms with E-state index in [1.807, 2.05) is 48.3 Å². The molecule has 0 atom stereocenters. The third-order valence-corrected chi connectivity index (χ3v) is 7.61. The van der Waals surface area contributed by atoms with Crippen LogP contribution in [-0.4, -0.2) is 97.2 Å². The molecule has 6 rings (SSSR count). The number of ether oxygens (including phenoxy) is 1. The molecular weight excluding hydrogens is 472 g/mol. The SMILES string of the molecule is Cn1nc2ccccc2c1COC(=O)N1CCN(C2CCN(C(=O)c3ccc4[nH]nnc4c3)CC2)CC1. The van der Waals surface area contributed by atoms with Crippen molar-refractivity contribution in [1.29, 1.82) is 0 Å². The number of hydrogen-bond acceptors (Lipinski definition) is 7. The summed E-state index contributed by atoms with van der Waals surface area (Å²) in [5, 5.41) is 16.1. The number of hydrogen-bond donors (Lipinski definition) is 1. The average molecular weight is 503 g/mol. The number of likely N-dealkylation sites (tertiary alicyclic amines) is 1. The Morgan fingerprint density at radius 2 is 1.76 bits per heavy atom. The fourth-order valence-corrected chi connectivity index (χ4v) is 5.45. The molecule has 192 valence electrons. The van der Waals surface area contributed by atoms with Crippen molar-refractivity contribution in [3.8, 4) is 0 Å². The van der Waals surface area contributed by atoms with Crippen molar-refractivity contribution in [3.05, 3.63) is 53.7 Å². The van der Waals surface area contributed by atoms with Gasteiger partial charge in [-0.05, 0) is 37.1 Å². The van der Waals surface area contributed by atoms with Gasteiger partial charge in [0.05, 0.1) is 16.7 Å². The number of piperidine rings is 1. The summed E-state index contributed by atoms with van der Waals surface area (Å²) in [5.74, 6) is 0.0390. The minimum atomic E-state index is -0.283. The largest absolute Gasteiger partial charge is 0.443 e. The van der Waals surface area contributed by atoms with Crippen LogP contribution < -0.4 is 0 Å². The van der Waals surface area contributed by atoms with Gasteiger partial charge in [-0.3, -0.25) is 19.5 Å². The summed E-state index contributed by atoms with van der Waals surface area (Å²) >= 11 is 0. The van der Waals surface area contributed by atoms with E-state index < -0.39 is 0 Å². The van der Waals surface area contributed by atoms with E-state index in [4.69, 9.17) is 4.74 Å². The predicted octanol–water partition coefficient (Wildman–Crippen LogP) is 2.40. The average Bonchev–Trinajstić information content (AvgIpc) is 3.54. The van der Waals surface area contributed by atoms with Crippen molar-refractivity contribution < 1.29 is 14.3 Å². The van der Waals surface area contributed by atoms with Gasteiger partial charge in [0.2, 0.25) is 0 Å². The molecule has 4 heterocycles. The van der Waals surface area contributed by atoms with Crippen LogP contribution in [0, 0.1) is 0 Å². The summed E-state index contributed by atoms with van der Waals surface area (Å²) in [6, 6.07) is 13.8. The molecule has 2 aliphatic rings. The van der Waals surface area contributed by atoms with Crippen molar-refractivity contribution in [3.63, 3.8) is 0 Å². The Bertz CT molecular complexity index is 1430. The van der Waals surface area contributed by atoms with E-state index >= 15 is 0 Å². The maximum Gasteiger partial charge on any atom is 0.410 e. The van der Waals surface area contributed by atoms with Crippen LogP contribution in [0.5, 0.6) is 0 Å². The maximum absolute atomic E-state index is 13.0. The summed E-state index contributed by atoms with van der Waals surface area (Å²) in [6.45, 7) is 4.55. The lowest BCUT2D eigenvalue weighted by Crippen LogP contribution is -2.54. The number of piperazine rings is 1. The first kappa shape index (κ1) is 23.4. The number of fused-ring (bicyclic) bond motifs is 2. The molecule has 2 saturated heterocycles. The topological polar surface area (TPSA) is 112 Å². The molecule has 0 saturated carbocycles. The van der Waals surface area contributed by atoms with Gasteiger partial charge in [-0.15, -0.1) is 5.10 Å². The van der Waals surface area contributed by atoms with Crippen LogP contribution >= 0.6 is 0 Å². The van der Waals surface area contributed by atoms with Gasteiger partial charge in [-0.25, -0.2) is 4.79 Å². The van der Waals surface area contributed by atoms with Crippen LogP contribution in [0.1, 0.15) is 28.9 Å². The molecule has 4 aromatic rings. The first-order chi connectivity index (χ1) is 18.1. The number of aryl methyl sites for hydroxylation is 1. The second kappa shape index (κ2) is 9.81. The Labute approximate surface area is 213 Å². The summed E-state index contributed by atoms with van der Waals surface area (Å²) in [4.78, 5) is 31.9. The number of nitrogens with one attached hydrogen (secondary N) is 1. The zero-order valence-corrected chi connectivity index (χ0v) is 20.8. The van der Waals surface area contributed by atoms with E-state index in [-0.39, 0.29) is 18.6 Å². The Morgan fingerprint density at radius 1 is 0.973 bits per heavy atom. The first-order valence-electron chi connectivity index (χ1n) is 12.7. The first-order valence-corrected chi connectivity index (χ1v) is 12.7. The van der Waals surface area contributed by atoms with E-state index in [1.165, 1.54) is 0 Å². The predicted molar refractivity (Wildman–Crippen MR) is 137 cm³/mol.